The van der Waals surface area contributed by atoms with Gasteiger partial charge in [-0.15, -0.1) is 0 Å². The number of ether oxygens (including phenoxy) is 1. The topological polar surface area (TPSA) is 29.5 Å². The highest BCUT2D eigenvalue weighted by atomic mass is 19.4. The first kappa shape index (κ1) is 20.7. The van der Waals surface area contributed by atoms with Crippen molar-refractivity contribution in [1.29, 1.82) is 0 Å². The summed E-state index contributed by atoms with van der Waals surface area (Å²) in [6.07, 6.45) is -1.84. The molecule has 0 N–H and O–H groups in total. The van der Waals surface area contributed by atoms with Crippen LogP contribution in [0.5, 0.6) is 0 Å². The first-order valence-corrected chi connectivity index (χ1v) is 9.20. The van der Waals surface area contributed by atoms with Crippen LogP contribution in [0.25, 0.3) is 0 Å². The highest BCUT2D eigenvalue weighted by molar-refractivity contribution is 5.72. The summed E-state index contributed by atoms with van der Waals surface area (Å²) in [5, 5.41) is 0. The summed E-state index contributed by atoms with van der Waals surface area (Å²) >= 11 is 0. The maximum atomic E-state index is 12.7. The van der Waals surface area contributed by atoms with Crippen molar-refractivity contribution < 1.29 is 22.7 Å². The van der Waals surface area contributed by atoms with Crippen molar-refractivity contribution in [2.45, 2.75) is 51.6 Å². The van der Waals surface area contributed by atoms with Crippen LogP contribution in [0.15, 0.2) is 24.3 Å². The molecular formula is C20H28F3NO2. The molecule has 1 heterocycles. The molecule has 0 amide bonds. The highest BCUT2D eigenvalue weighted by Gasteiger charge is 2.31. The summed E-state index contributed by atoms with van der Waals surface area (Å²) in [7, 11) is 0. The van der Waals surface area contributed by atoms with Crippen molar-refractivity contribution in [3.8, 4) is 0 Å². The Balaban J connectivity index is 1.86. The number of halogens is 3. The third-order valence-electron chi connectivity index (χ3n) is 5.25. The largest absolute Gasteiger partial charge is 0.466 e. The predicted octanol–water partition coefficient (Wildman–Crippen LogP) is 4.65. The average Bonchev–Trinajstić information content (AvgIpc) is 2.60. The van der Waals surface area contributed by atoms with E-state index in [0.29, 0.717) is 6.61 Å². The van der Waals surface area contributed by atoms with Gasteiger partial charge in [0.2, 0.25) is 0 Å². The Kier molecular flexibility index (Phi) is 6.72. The number of nitrogens with zero attached hydrogens (tertiary/aromatic N) is 1. The van der Waals surface area contributed by atoms with Crippen molar-refractivity contribution in [2.75, 3.05) is 26.2 Å². The second-order valence-electron chi connectivity index (χ2n) is 7.58. The van der Waals surface area contributed by atoms with Gasteiger partial charge in [-0.1, -0.05) is 26.0 Å². The molecule has 1 aromatic carbocycles. The second-order valence-corrected chi connectivity index (χ2v) is 7.58. The van der Waals surface area contributed by atoms with E-state index in [0.717, 1.165) is 56.6 Å². The molecule has 0 unspecified atom stereocenters. The number of alkyl halides is 3. The lowest BCUT2D eigenvalue weighted by Crippen LogP contribution is -2.39. The Hall–Kier alpha value is -1.56. The van der Waals surface area contributed by atoms with Gasteiger partial charge in [-0.2, -0.15) is 13.2 Å². The van der Waals surface area contributed by atoms with Crippen LogP contribution in [0, 0.1) is 5.92 Å². The van der Waals surface area contributed by atoms with Crippen LogP contribution in [0.1, 0.15) is 51.2 Å². The summed E-state index contributed by atoms with van der Waals surface area (Å²) in [5.41, 5.74) is 0.0901. The molecule has 1 aliphatic rings. The van der Waals surface area contributed by atoms with E-state index in [4.69, 9.17) is 4.74 Å². The van der Waals surface area contributed by atoms with Crippen LogP contribution in [-0.2, 0) is 21.1 Å². The zero-order valence-electron chi connectivity index (χ0n) is 15.7. The van der Waals surface area contributed by atoms with Gasteiger partial charge in [0, 0.05) is 0 Å². The molecule has 2 rings (SSSR count). The molecule has 146 valence electrons. The van der Waals surface area contributed by atoms with Gasteiger partial charge < -0.3 is 9.64 Å². The maximum absolute atomic E-state index is 12.7. The maximum Gasteiger partial charge on any atom is 0.416 e. The Morgan fingerprint density at radius 1 is 1.12 bits per heavy atom. The molecule has 0 radical (unpaired) electrons. The third-order valence-corrected chi connectivity index (χ3v) is 5.25. The van der Waals surface area contributed by atoms with E-state index in [2.05, 4.69) is 18.7 Å². The lowest BCUT2D eigenvalue weighted by Gasteiger charge is -2.34. The van der Waals surface area contributed by atoms with E-state index in [-0.39, 0.29) is 17.3 Å². The molecule has 0 atom stereocenters. The second kappa shape index (κ2) is 8.42. The highest BCUT2D eigenvalue weighted by Crippen LogP contribution is 2.33. The van der Waals surface area contributed by atoms with Gasteiger partial charge in [0.25, 0.3) is 0 Å². The summed E-state index contributed by atoms with van der Waals surface area (Å²) in [5.74, 6) is -0.105. The van der Waals surface area contributed by atoms with E-state index in [9.17, 15) is 18.0 Å². The number of carbonyl (C=O) groups excluding carboxylic acids is 1. The molecule has 26 heavy (non-hydrogen) atoms. The van der Waals surface area contributed by atoms with E-state index >= 15 is 0 Å². The summed E-state index contributed by atoms with van der Waals surface area (Å²) in [6.45, 7) is 8.92. The van der Waals surface area contributed by atoms with Gasteiger partial charge in [-0.25, -0.2) is 0 Å². The fourth-order valence-corrected chi connectivity index (χ4v) is 3.34. The van der Waals surface area contributed by atoms with Crippen LogP contribution in [0.2, 0.25) is 0 Å². The number of carbonyl (C=O) groups is 1. The number of esters is 1. The predicted molar refractivity (Wildman–Crippen MR) is 94.9 cm³/mol. The van der Waals surface area contributed by atoms with Crippen molar-refractivity contribution >= 4 is 5.97 Å². The minimum absolute atomic E-state index is 0.00544. The number of hydrogen-bond donors (Lipinski definition) is 0. The zero-order valence-corrected chi connectivity index (χ0v) is 15.7. The quantitative estimate of drug-likeness (QED) is 0.682. The van der Waals surface area contributed by atoms with Crippen LogP contribution >= 0.6 is 0 Å². The number of benzene rings is 1. The molecule has 1 aromatic rings. The lowest BCUT2D eigenvalue weighted by atomic mass is 9.81. The fourth-order valence-electron chi connectivity index (χ4n) is 3.34. The van der Waals surface area contributed by atoms with Gasteiger partial charge in [-0.05, 0) is 68.9 Å². The van der Waals surface area contributed by atoms with Crippen molar-refractivity contribution in [2.24, 2.45) is 5.92 Å². The molecule has 0 aromatic heterocycles. The molecule has 1 aliphatic heterocycles. The number of hydrogen-bond acceptors (Lipinski definition) is 3. The SMILES string of the molecule is CCOC(=O)C1CCN(CCC(C)(C)c2ccc(C(F)(F)F)cc2)CC1. The van der Waals surface area contributed by atoms with Gasteiger partial charge in [0.15, 0.2) is 0 Å². The van der Waals surface area contributed by atoms with Gasteiger partial charge in [0.1, 0.15) is 0 Å². The van der Waals surface area contributed by atoms with E-state index in [1.54, 1.807) is 12.1 Å². The standard InChI is InChI=1S/C20H28F3NO2/c1-4-26-18(25)15-9-12-24(13-10-15)14-11-19(2,3)16-5-7-17(8-6-16)20(21,22)23/h5-8,15H,4,9-14H2,1-3H3. The molecule has 1 saturated heterocycles. The van der Waals surface area contributed by atoms with Crippen molar-refractivity contribution in [3.05, 3.63) is 35.4 Å². The first-order chi connectivity index (χ1) is 12.1. The minimum Gasteiger partial charge on any atom is -0.466 e. The van der Waals surface area contributed by atoms with Gasteiger partial charge >= 0.3 is 12.1 Å². The Morgan fingerprint density at radius 3 is 2.15 bits per heavy atom. The number of rotatable bonds is 6. The molecule has 0 spiro atoms. The number of piperidine rings is 1. The Labute approximate surface area is 153 Å². The first-order valence-electron chi connectivity index (χ1n) is 9.20. The smallest absolute Gasteiger partial charge is 0.416 e. The fraction of sp³-hybridized carbons (Fsp3) is 0.650. The Bertz CT molecular complexity index is 588. The normalized spacial score (nSPS) is 17.3. The summed E-state index contributed by atoms with van der Waals surface area (Å²) in [6, 6.07) is 5.47. The monoisotopic (exact) mass is 371 g/mol. The number of likely N-dealkylation sites (tertiary alicyclic amines) is 1. The molecule has 3 nitrogen and oxygen atoms in total. The van der Waals surface area contributed by atoms with E-state index in [1.165, 1.54) is 0 Å². The minimum atomic E-state index is -4.30. The van der Waals surface area contributed by atoms with Crippen molar-refractivity contribution in [1.82, 2.24) is 4.90 Å². The molecule has 0 aliphatic carbocycles. The summed E-state index contributed by atoms with van der Waals surface area (Å²) < 4.78 is 43.2. The van der Waals surface area contributed by atoms with Crippen LogP contribution in [0.4, 0.5) is 13.2 Å². The lowest BCUT2D eigenvalue weighted by molar-refractivity contribution is -0.149. The van der Waals surface area contributed by atoms with Gasteiger partial charge in [-0.3, -0.25) is 4.79 Å². The zero-order chi connectivity index (χ0) is 19.4. The third kappa shape index (κ3) is 5.47. The molecule has 0 saturated carbocycles. The van der Waals surface area contributed by atoms with Crippen LogP contribution in [0.3, 0.4) is 0 Å². The average molecular weight is 371 g/mol. The summed E-state index contributed by atoms with van der Waals surface area (Å²) in [4.78, 5) is 14.1. The molecular weight excluding hydrogens is 343 g/mol. The Morgan fingerprint density at radius 2 is 1.65 bits per heavy atom. The van der Waals surface area contributed by atoms with Crippen LogP contribution in [-0.4, -0.2) is 37.1 Å². The van der Waals surface area contributed by atoms with E-state index in [1.807, 2.05) is 6.92 Å². The van der Waals surface area contributed by atoms with Gasteiger partial charge in [0.05, 0.1) is 18.1 Å². The van der Waals surface area contributed by atoms with E-state index < -0.39 is 11.7 Å². The molecule has 6 heteroatoms. The van der Waals surface area contributed by atoms with Crippen molar-refractivity contribution in [3.63, 3.8) is 0 Å². The van der Waals surface area contributed by atoms with Crippen LogP contribution < -0.4 is 0 Å². The molecule has 0 bridgehead atoms. The molecule has 1 fully saturated rings.